The molecule has 2 aromatic carbocycles. The lowest BCUT2D eigenvalue weighted by atomic mass is 9.99. The van der Waals surface area contributed by atoms with Gasteiger partial charge in [-0.25, -0.2) is 0 Å². The summed E-state index contributed by atoms with van der Waals surface area (Å²) in [6.07, 6.45) is -5.32. The van der Waals surface area contributed by atoms with Gasteiger partial charge in [0.05, 0.1) is 12.2 Å². The molecule has 9 nitrogen and oxygen atoms in total. The quantitative estimate of drug-likeness (QED) is 0.441. The summed E-state index contributed by atoms with van der Waals surface area (Å²) < 4.78 is 16.3. The van der Waals surface area contributed by atoms with Crippen molar-refractivity contribution >= 4 is 11.9 Å². The van der Waals surface area contributed by atoms with Crippen LogP contribution in [-0.4, -0.2) is 68.6 Å². The van der Waals surface area contributed by atoms with Crippen LogP contribution in [0.2, 0.25) is 0 Å². The second-order valence-electron chi connectivity index (χ2n) is 7.00. The predicted molar refractivity (Wildman–Crippen MR) is 102 cm³/mol. The molecule has 0 spiro atoms. The first-order valence-electron chi connectivity index (χ1n) is 9.22. The zero-order chi connectivity index (χ0) is 21.4. The number of ether oxygens (including phenoxy) is 3. The van der Waals surface area contributed by atoms with E-state index in [0.29, 0.717) is 16.9 Å². The van der Waals surface area contributed by atoms with E-state index in [1.807, 2.05) is 0 Å². The van der Waals surface area contributed by atoms with Crippen molar-refractivity contribution in [1.29, 1.82) is 0 Å². The molecule has 0 saturated carbocycles. The number of phenolic OH excluding ortho intramolecular Hbond substituents is 1. The number of benzene rings is 2. The van der Waals surface area contributed by atoms with E-state index in [2.05, 4.69) is 0 Å². The minimum atomic E-state index is -1.53. The van der Waals surface area contributed by atoms with E-state index in [-0.39, 0.29) is 23.0 Å². The lowest BCUT2D eigenvalue weighted by Gasteiger charge is -2.39. The van der Waals surface area contributed by atoms with Gasteiger partial charge in [-0.05, 0) is 35.9 Å². The fourth-order valence-electron chi connectivity index (χ4n) is 3.27. The van der Waals surface area contributed by atoms with Crippen LogP contribution >= 0.6 is 0 Å². The number of aromatic hydroxyl groups is 1. The standard InChI is InChI=1S/C21H20O9/c22-9-16-18(25)19(26)20(27)21(30-16)28-12-4-1-10(2-5-12)7-15-17(24)13-6-3-11(23)8-14(13)29-15/h1-8,16,18-23,25-27H,9H2/b15-7-/t16-,18-,19+,20-,21-/m1/s1. The van der Waals surface area contributed by atoms with Crippen LogP contribution in [0.4, 0.5) is 0 Å². The van der Waals surface area contributed by atoms with Crippen LogP contribution in [0.25, 0.3) is 6.08 Å². The molecule has 1 fully saturated rings. The molecular formula is C21H20O9. The highest BCUT2D eigenvalue weighted by molar-refractivity contribution is 6.14. The van der Waals surface area contributed by atoms with Crippen LogP contribution in [0.1, 0.15) is 15.9 Å². The summed E-state index contributed by atoms with van der Waals surface area (Å²) in [5.41, 5.74) is 0.998. The number of phenols is 1. The van der Waals surface area contributed by atoms with E-state index in [1.165, 1.54) is 24.3 Å². The van der Waals surface area contributed by atoms with Gasteiger partial charge in [-0.15, -0.1) is 0 Å². The van der Waals surface area contributed by atoms with Gasteiger partial charge in [-0.1, -0.05) is 12.1 Å². The normalized spacial score (nSPS) is 29.5. The molecule has 0 bridgehead atoms. The molecule has 2 aromatic rings. The fourth-order valence-corrected chi connectivity index (χ4v) is 3.27. The number of aliphatic hydroxyl groups is 4. The smallest absolute Gasteiger partial charge is 0.231 e. The van der Waals surface area contributed by atoms with Crippen molar-refractivity contribution in [2.45, 2.75) is 30.7 Å². The molecule has 0 aromatic heterocycles. The number of Topliss-reactive ketones (excluding diaryl/α,β-unsaturated/α-hetero) is 1. The third-order valence-corrected chi connectivity index (χ3v) is 4.93. The van der Waals surface area contributed by atoms with Crippen LogP contribution in [0.15, 0.2) is 48.2 Å². The summed E-state index contributed by atoms with van der Waals surface area (Å²) in [7, 11) is 0. The predicted octanol–water partition coefficient (Wildman–Crippen LogP) is 0.187. The monoisotopic (exact) mass is 416 g/mol. The molecule has 1 saturated heterocycles. The lowest BCUT2D eigenvalue weighted by Crippen LogP contribution is -2.60. The van der Waals surface area contributed by atoms with Crippen LogP contribution < -0.4 is 9.47 Å². The van der Waals surface area contributed by atoms with Crippen molar-refractivity contribution in [2.24, 2.45) is 0 Å². The molecule has 4 rings (SSSR count). The number of allylic oxidation sites excluding steroid dienone is 1. The molecule has 2 aliphatic rings. The van der Waals surface area contributed by atoms with Gasteiger partial charge < -0.3 is 39.7 Å². The van der Waals surface area contributed by atoms with Crippen molar-refractivity contribution < 1.29 is 44.5 Å². The van der Waals surface area contributed by atoms with Crippen LogP contribution in [0.5, 0.6) is 17.2 Å². The van der Waals surface area contributed by atoms with E-state index in [0.717, 1.165) is 0 Å². The Morgan fingerprint density at radius 2 is 1.73 bits per heavy atom. The fraction of sp³-hybridized carbons (Fsp3) is 0.286. The molecule has 5 N–H and O–H groups in total. The molecule has 158 valence electrons. The topological polar surface area (TPSA) is 146 Å². The molecule has 5 atom stereocenters. The van der Waals surface area contributed by atoms with Crippen LogP contribution in [-0.2, 0) is 4.74 Å². The summed E-state index contributed by atoms with van der Waals surface area (Å²) >= 11 is 0. The Bertz CT molecular complexity index is 967. The average Bonchev–Trinajstić information content (AvgIpc) is 3.04. The molecular weight excluding hydrogens is 396 g/mol. The summed E-state index contributed by atoms with van der Waals surface area (Å²) in [4.78, 5) is 12.4. The number of rotatable bonds is 4. The molecule has 0 radical (unpaired) electrons. The van der Waals surface area contributed by atoms with Gasteiger partial charge in [0.15, 0.2) is 5.76 Å². The van der Waals surface area contributed by atoms with Gasteiger partial charge >= 0.3 is 0 Å². The molecule has 30 heavy (non-hydrogen) atoms. The van der Waals surface area contributed by atoms with Gasteiger partial charge in [0.1, 0.15) is 41.7 Å². The summed E-state index contributed by atoms with van der Waals surface area (Å²) in [6.45, 7) is -0.550. The van der Waals surface area contributed by atoms with Gasteiger partial charge in [0, 0.05) is 6.07 Å². The van der Waals surface area contributed by atoms with Crippen LogP contribution in [0, 0.1) is 0 Å². The number of fused-ring (bicyclic) bond motifs is 1. The van der Waals surface area contributed by atoms with Gasteiger partial charge in [-0.2, -0.15) is 0 Å². The van der Waals surface area contributed by atoms with E-state index in [9.17, 15) is 30.3 Å². The summed E-state index contributed by atoms with van der Waals surface area (Å²) in [5.74, 6) is 0.393. The second kappa shape index (κ2) is 8.05. The van der Waals surface area contributed by atoms with Gasteiger partial charge in [0.25, 0.3) is 0 Å². The maximum atomic E-state index is 12.4. The minimum absolute atomic E-state index is 0.00232. The third kappa shape index (κ3) is 3.76. The maximum Gasteiger partial charge on any atom is 0.231 e. The first-order valence-corrected chi connectivity index (χ1v) is 9.22. The SMILES string of the molecule is O=C1/C(=C/c2ccc(O[C@@H]3O[C@H](CO)[C@@H](O)[C@H](O)[C@H]3O)cc2)Oc2cc(O)ccc21. The Kier molecular flexibility index (Phi) is 5.46. The van der Waals surface area contributed by atoms with Crippen LogP contribution in [0.3, 0.4) is 0 Å². The number of ketones is 1. The van der Waals surface area contributed by atoms with Gasteiger partial charge in [0.2, 0.25) is 12.1 Å². The Balaban J connectivity index is 1.46. The highest BCUT2D eigenvalue weighted by Crippen LogP contribution is 2.34. The Morgan fingerprint density at radius 1 is 1.00 bits per heavy atom. The number of hydrogen-bond donors (Lipinski definition) is 5. The second-order valence-corrected chi connectivity index (χ2v) is 7.00. The Labute approximate surface area is 171 Å². The number of aliphatic hydroxyl groups excluding tert-OH is 4. The summed E-state index contributed by atoms with van der Waals surface area (Å²) in [5, 5.41) is 48.4. The lowest BCUT2D eigenvalue weighted by molar-refractivity contribution is -0.277. The van der Waals surface area contributed by atoms with Gasteiger partial charge in [-0.3, -0.25) is 4.79 Å². The molecule has 0 aliphatic carbocycles. The highest BCUT2D eigenvalue weighted by Gasteiger charge is 2.44. The number of carbonyl (C=O) groups excluding carboxylic acids is 1. The first kappa shape index (κ1) is 20.3. The molecule has 2 heterocycles. The van der Waals surface area contributed by atoms with Crippen molar-refractivity contribution in [3.8, 4) is 17.2 Å². The van der Waals surface area contributed by atoms with E-state index < -0.39 is 37.3 Å². The van der Waals surface area contributed by atoms with Crippen molar-refractivity contribution in [3.63, 3.8) is 0 Å². The first-order chi connectivity index (χ1) is 14.4. The van der Waals surface area contributed by atoms with E-state index >= 15 is 0 Å². The minimum Gasteiger partial charge on any atom is -0.508 e. The maximum absolute atomic E-state index is 12.4. The average molecular weight is 416 g/mol. The van der Waals surface area contributed by atoms with Crippen molar-refractivity contribution in [2.75, 3.05) is 6.61 Å². The summed E-state index contributed by atoms with van der Waals surface area (Å²) in [6, 6.07) is 10.7. The molecule has 2 aliphatic heterocycles. The zero-order valence-electron chi connectivity index (χ0n) is 15.6. The third-order valence-electron chi connectivity index (χ3n) is 4.93. The molecule has 9 heteroatoms. The number of carbonyl (C=O) groups is 1. The Hall–Kier alpha value is -2.95. The van der Waals surface area contributed by atoms with E-state index in [1.54, 1.807) is 24.3 Å². The Morgan fingerprint density at radius 3 is 2.43 bits per heavy atom. The van der Waals surface area contributed by atoms with E-state index in [4.69, 9.17) is 14.2 Å². The highest BCUT2D eigenvalue weighted by atomic mass is 16.7. The van der Waals surface area contributed by atoms with Crippen molar-refractivity contribution in [3.05, 3.63) is 59.4 Å². The molecule has 0 amide bonds. The largest absolute Gasteiger partial charge is 0.508 e. The number of hydrogen-bond acceptors (Lipinski definition) is 9. The van der Waals surface area contributed by atoms with Crippen molar-refractivity contribution in [1.82, 2.24) is 0 Å². The molecule has 0 unspecified atom stereocenters. The zero-order valence-corrected chi connectivity index (χ0v) is 15.6.